The van der Waals surface area contributed by atoms with E-state index in [9.17, 15) is 4.79 Å². The highest BCUT2D eigenvalue weighted by Crippen LogP contribution is 2.27. The van der Waals surface area contributed by atoms with Gasteiger partial charge < -0.3 is 19.7 Å². The van der Waals surface area contributed by atoms with Crippen molar-refractivity contribution < 1.29 is 14.3 Å². The van der Waals surface area contributed by atoms with Crippen LogP contribution in [0.5, 0.6) is 11.5 Å². The van der Waals surface area contributed by atoms with Crippen LogP contribution in [0.15, 0.2) is 18.2 Å². The minimum Gasteiger partial charge on any atom is -0.493 e. The van der Waals surface area contributed by atoms with E-state index in [1.165, 1.54) is 32.1 Å². The first-order valence-corrected chi connectivity index (χ1v) is 8.86. The highest BCUT2D eigenvalue weighted by atomic mass is 16.5. The van der Waals surface area contributed by atoms with Gasteiger partial charge in [0, 0.05) is 18.2 Å². The van der Waals surface area contributed by atoms with E-state index in [4.69, 9.17) is 9.47 Å². The van der Waals surface area contributed by atoms with Gasteiger partial charge in [0.25, 0.3) is 5.91 Å². The Kier molecular flexibility index (Phi) is 7.37. The van der Waals surface area contributed by atoms with E-state index in [1.54, 1.807) is 32.4 Å². The molecule has 1 aromatic rings. The standard InChI is InChI=1S/C19H30N2O3/c1-21(16-8-5-4-6-9-16)13-7-12-20-19(22)15-10-11-17(23-2)18(14-15)24-3/h10-11,14,16H,4-9,12-13H2,1-3H3,(H,20,22). The van der Waals surface area contributed by atoms with E-state index < -0.39 is 0 Å². The molecule has 134 valence electrons. The van der Waals surface area contributed by atoms with E-state index in [1.807, 2.05) is 0 Å². The Hall–Kier alpha value is -1.75. The monoisotopic (exact) mass is 334 g/mol. The summed E-state index contributed by atoms with van der Waals surface area (Å²) < 4.78 is 10.4. The van der Waals surface area contributed by atoms with Crippen molar-refractivity contribution in [1.29, 1.82) is 0 Å². The Balaban J connectivity index is 1.74. The molecule has 5 nitrogen and oxygen atoms in total. The number of rotatable bonds is 8. The average molecular weight is 334 g/mol. The number of nitrogens with one attached hydrogen (secondary N) is 1. The number of nitrogens with zero attached hydrogens (tertiary/aromatic N) is 1. The van der Waals surface area contributed by atoms with Crippen LogP contribution in [0.1, 0.15) is 48.9 Å². The van der Waals surface area contributed by atoms with E-state index in [2.05, 4.69) is 17.3 Å². The molecule has 5 heteroatoms. The fourth-order valence-electron chi connectivity index (χ4n) is 3.31. The first kappa shape index (κ1) is 18.6. The molecular weight excluding hydrogens is 304 g/mol. The summed E-state index contributed by atoms with van der Waals surface area (Å²) >= 11 is 0. The molecule has 1 amide bonds. The molecule has 1 fully saturated rings. The topological polar surface area (TPSA) is 50.8 Å². The minimum atomic E-state index is -0.0729. The SMILES string of the molecule is COc1ccc(C(=O)NCCCN(C)C2CCCCC2)cc1OC. The fourth-order valence-corrected chi connectivity index (χ4v) is 3.31. The summed E-state index contributed by atoms with van der Waals surface area (Å²) in [6, 6.07) is 5.94. The Labute approximate surface area is 145 Å². The molecule has 1 aliphatic carbocycles. The number of ether oxygens (including phenoxy) is 2. The molecule has 1 aromatic carbocycles. The smallest absolute Gasteiger partial charge is 0.251 e. The van der Waals surface area contributed by atoms with Gasteiger partial charge in [0.05, 0.1) is 14.2 Å². The number of hydrogen-bond donors (Lipinski definition) is 1. The summed E-state index contributed by atoms with van der Waals surface area (Å²) in [4.78, 5) is 14.7. The van der Waals surface area contributed by atoms with Gasteiger partial charge in [-0.2, -0.15) is 0 Å². The summed E-state index contributed by atoms with van der Waals surface area (Å²) in [7, 11) is 5.35. The van der Waals surface area contributed by atoms with Gasteiger partial charge in [0.1, 0.15) is 0 Å². The molecule has 0 unspecified atom stereocenters. The van der Waals surface area contributed by atoms with Crippen LogP contribution >= 0.6 is 0 Å². The molecule has 0 aromatic heterocycles. The molecule has 0 spiro atoms. The number of carbonyl (C=O) groups is 1. The van der Waals surface area contributed by atoms with Crippen molar-refractivity contribution in [1.82, 2.24) is 10.2 Å². The summed E-state index contributed by atoms with van der Waals surface area (Å²) in [5, 5.41) is 2.98. The van der Waals surface area contributed by atoms with Crippen molar-refractivity contribution >= 4 is 5.91 Å². The molecule has 0 heterocycles. The number of amides is 1. The normalized spacial score (nSPS) is 15.3. The van der Waals surface area contributed by atoms with Crippen LogP contribution in [0.3, 0.4) is 0 Å². The summed E-state index contributed by atoms with van der Waals surface area (Å²) in [6.07, 6.45) is 7.68. The second-order valence-corrected chi connectivity index (χ2v) is 6.45. The van der Waals surface area contributed by atoms with Crippen molar-refractivity contribution in [3.8, 4) is 11.5 Å². The molecule has 0 radical (unpaired) electrons. The van der Waals surface area contributed by atoms with Gasteiger partial charge >= 0.3 is 0 Å². The van der Waals surface area contributed by atoms with E-state index in [0.717, 1.165) is 19.0 Å². The lowest BCUT2D eigenvalue weighted by Crippen LogP contribution is -2.35. The van der Waals surface area contributed by atoms with Crippen LogP contribution in [0.2, 0.25) is 0 Å². The fraction of sp³-hybridized carbons (Fsp3) is 0.632. The molecule has 24 heavy (non-hydrogen) atoms. The second-order valence-electron chi connectivity index (χ2n) is 6.45. The molecule has 1 N–H and O–H groups in total. The van der Waals surface area contributed by atoms with Crippen molar-refractivity contribution in [2.24, 2.45) is 0 Å². The third kappa shape index (κ3) is 5.13. The van der Waals surface area contributed by atoms with Crippen LogP contribution in [0, 0.1) is 0 Å². The Morgan fingerprint density at radius 2 is 1.88 bits per heavy atom. The van der Waals surface area contributed by atoms with Gasteiger partial charge in [-0.3, -0.25) is 4.79 Å². The molecular formula is C19H30N2O3. The zero-order valence-corrected chi connectivity index (χ0v) is 15.1. The predicted octanol–water partition coefficient (Wildman–Crippen LogP) is 3.09. The first-order chi connectivity index (χ1) is 11.7. The van der Waals surface area contributed by atoms with Gasteiger partial charge in [-0.1, -0.05) is 19.3 Å². The lowest BCUT2D eigenvalue weighted by Gasteiger charge is -2.31. The highest BCUT2D eigenvalue weighted by Gasteiger charge is 2.17. The minimum absolute atomic E-state index is 0.0729. The van der Waals surface area contributed by atoms with Crippen LogP contribution in [0.4, 0.5) is 0 Å². The summed E-state index contributed by atoms with van der Waals surface area (Å²) in [5.74, 6) is 1.13. The predicted molar refractivity (Wildman–Crippen MR) is 96.0 cm³/mol. The third-order valence-electron chi connectivity index (χ3n) is 4.82. The average Bonchev–Trinajstić information content (AvgIpc) is 2.64. The van der Waals surface area contributed by atoms with Gasteiger partial charge in [-0.25, -0.2) is 0 Å². The van der Waals surface area contributed by atoms with Crippen LogP contribution in [-0.2, 0) is 0 Å². The van der Waals surface area contributed by atoms with Crippen LogP contribution in [-0.4, -0.2) is 51.2 Å². The largest absolute Gasteiger partial charge is 0.493 e. The lowest BCUT2D eigenvalue weighted by molar-refractivity contribution is 0.0950. The number of methoxy groups -OCH3 is 2. The molecule has 2 rings (SSSR count). The van der Waals surface area contributed by atoms with Crippen LogP contribution < -0.4 is 14.8 Å². The number of carbonyl (C=O) groups excluding carboxylic acids is 1. The Bertz CT molecular complexity index is 527. The molecule has 1 saturated carbocycles. The highest BCUT2D eigenvalue weighted by molar-refractivity contribution is 5.94. The number of hydrogen-bond acceptors (Lipinski definition) is 4. The Morgan fingerprint density at radius 1 is 1.17 bits per heavy atom. The lowest BCUT2D eigenvalue weighted by atomic mass is 9.94. The van der Waals surface area contributed by atoms with E-state index in [-0.39, 0.29) is 5.91 Å². The van der Waals surface area contributed by atoms with E-state index >= 15 is 0 Å². The molecule has 0 atom stereocenters. The van der Waals surface area contributed by atoms with Crippen molar-refractivity contribution in [2.45, 2.75) is 44.6 Å². The summed E-state index contributed by atoms with van der Waals surface area (Å²) in [6.45, 7) is 1.71. The molecule has 0 aliphatic heterocycles. The quantitative estimate of drug-likeness (QED) is 0.742. The molecule has 0 bridgehead atoms. The zero-order valence-electron chi connectivity index (χ0n) is 15.1. The second kappa shape index (κ2) is 9.52. The molecule has 0 saturated heterocycles. The zero-order chi connectivity index (χ0) is 17.4. The van der Waals surface area contributed by atoms with E-state index in [0.29, 0.717) is 23.6 Å². The third-order valence-corrected chi connectivity index (χ3v) is 4.82. The maximum Gasteiger partial charge on any atom is 0.251 e. The van der Waals surface area contributed by atoms with Gasteiger partial charge in [-0.05, 0) is 51.1 Å². The maximum absolute atomic E-state index is 12.2. The van der Waals surface area contributed by atoms with Crippen molar-refractivity contribution in [3.63, 3.8) is 0 Å². The first-order valence-electron chi connectivity index (χ1n) is 8.86. The van der Waals surface area contributed by atoms with Crippen LogP contribution in [0.25, 0.3) is 0 Å². The van der Waals surface area contributed by atoms with Gasteiger partial charge in [0.15, 0.2) is 11.5 Å². The van der Waals surface area contributed by atoms with Crippen molar-refractivity contribution in [2.75, 3.05) is 34.4 Å². The molecule has 1 aliphatic rings. The maximum atomic E-state index is 12.2. The summed E-state index contributed by atoms with van der Waals surface area (Å²) in [5.41, 5.74) is 0.591. The van der Waals surface area contributed by atoms with Gasteiger partial charge in [0.2, 0.25) is 0 Å². The number of benzene rings is 1. The van der Waals surface area contributed by atoms with Gasteiger partial charge in [-0.15, -0.1) is 0 Å². The Morgan fingerprint density at radius 3 is 2.54 bits per heavy atom. The van der Waals surface area contributed by atoms with Crippen molar-refractivity contribution in [3.05, 3.63) is 23.8 Å².